The second kappa shape index (κ2) is 8.28. The van der Waals surface area contributed by atoms with Crippen LogP contribution in [0.4, 0.5) is 4.79 Å². The lowest BCUT2D eigenvalue weighted by molar-refractivity contribution is -0.126. The Morgan fingerprint density at radius 3 is 2.70 bits per heavy atom. The average molecular weight is 319 g/mol. The number of carbonyl (C=O) groups excluding carboxylic acids is 3. The predicted octanol–water partition coefficient (Wildman–Crippen LogP) is 0.869. The lowest BCUT2D eigenvalue weighted by Crippen LogP contribution is -2.36. The first-order chi connectivity index (χ1) is 11.1. The van der Waals surface area contributed by atoms with Crippen LogP contribution in [-0.4, -0.2) is 37.0 Å². The van der Waals surface area contributed by atoms with Crippen LogP contribution in [0.15, 0.2) is 30.3 Å². The lowest BCUT2D eigenvalue weighted by Gasteiger charge is -2.13. The molecule has 0 bridgehead atoms. The van der Waals surface area contributed by atoms with E-state index in [-0.39, 0.29) is 18.4 Å². The van der Waals surface area contributed by atoms with Crippen LogP contribution in [-0.2, 0) is 14.3 Å². The molecule has 1 aromatic rings. The summed E-state index contributed by atoms with van der Waals surface area (Å²) in [5.41, 5.74) is 1.11. The summed E-state index contributed by atoms with van der Waals surface area (Å²) in [4.78, 5) is 33.9. The third-order valence-corrected chi connectivity index (χ3v) is 3.53. The number of nitrogens with one attached hydrogen (secondary N) is 3. The van der Waals surface area contributed by atoms with E-state index in [2.05, 4.69) is 16.0 Å². The third-order valence-electron chi connectivity index (χ3n) is 3.53. The Labute approximate surface area is 134 Å². The van der Waals surface area contributed by atoms with E-state index in [9.17, 15) is 14.4 Å². The molecule has 4 amide bonds. The van der Waals surface area contributed by atoms with Crippen molar-refractivity contribution >= 4 is 17.8 Å². The highest BCUT2D eigenvalue weighted by molar-refractivity contribution is 6.05. The molecule has 0 unspecified atom stereocenters. The number of amides is 4. The Morgan fingerprint density at radius 1 is 1.30 bits per heavy atom. The number of carbonyl (C=O) groups is 3. The molecule has 0 aliphatic carbocycles. The molecular weight excluding hydrogens is 298 g/mol. The van der Waals surface area contributed by atoms with Gasteiger partial charge in [0.2, 0.25) is 5.91 Å². The number of hydrogen-bond acceptors (Lipinski definition) is 4. The molecule has 3 N–H and O–H groups in total. The molecule has 1 heterocycles. The summed E-state index contributed by atoms with van der Waals surface area (Å²) in [5, 5.41) is 7.18. The topological polar surface area (TPSA) is 96.5 Å². The zero-order chi connectivity index (χ0) is 16.7. The average Bonchev–Trinajstić information content (AvgIpc) is 2.85. The summed E-state index contributed by atoms with van der Waals surface area (Å²) in [5.74, 6) is -0.742. The maximum Gasteiger partial charge on any atom is 0.322 e. The standard InChI is InChI=1S/C16H21N3O4/c1-11(12-6-3-2-4-7-12)23-9-5-8-17-14(20)10-13-15(21)19-16(22)18-13/h2-4,6-7,11,13H,5,8-10H2,1H3,(H,17,20)(H2,18,19,21,22)/t11-,13-/m0/s1. The predicted molar refractivity (Wildman–Crippen MR) is 83.5 cm³/mol. The highest BCUT2D eigenvalue weighted by Crippen LogP contribution is 2.15. The quantitative estimate of drug-likeness (QED) is 0.489. The van der Waals surface area contributed by atoms with Crippen molar-refractivity contribution in [2.45, 2.75) is 31.9 Å². The SMILES string of the molecule is C[C@H](OCCCNC(=O)C[C@@H]1NC(=O)NC1=O)c1ccccc1. The van der Waals surface area contributed by atoms with Gasteiger partial charge in [-0.15, -0.1) is 0 Å². The highest BCUT2D eigenvalue weighted by atomic mass is 16.5. The number of imide groups is 1. The van der Waals surface area contributed by atoms with Gasteiger partial charge in [0.1, 0.15) is 6.04 Å². The fourth-order valence-corrected chi connectivity index (χ4v) is 2.24. The molecule has 0 spiro atoms. The van der Waals surface area contributed by atoms with Gasteiger partial charge in [-0.3, -0.25) is 14.9 Å². The molecule has 23 heavy (non-hydrogen) atoms. The normalized spacial score (nSPS) is 18.2. The van der Waals surface area contributed by atoms with Gasteiger partial charge in [0.25, 0.3) is 5.91 Å². The molecule has 0 aromatic heterocycles. The van der Waals surface area contributed by atoms with Crippen molar-refractivity contribution in [2.24, 2.45) is 0 Å². The molecule has 124 valence electrons. The molecule has 0 saturated carbocycles. The summed E-state index contributed by atoms with van der Waals surface area (Å²) in [7, 11) is 0. The van der Waals surface area contributed by atoms with E-state index in [4.69, 9.17) is 4.74 Å². The summed E-state index contributed by atoms with van der Waals surface area (Å²) >= 11 is 0. The van der Waals surface area contributed by atoms with E-state index in [1.807, 2.05) is 37.3 Å². The van der Waals surface area contributed by atoms with E-state index in [0.717, 1.165) is 5.56 Å². The van der Waals surface area contributed by atoms with Crippen LogP contribution in [0.25, 0.3) is 0 Å². The van der Waals surface area contributed by atoms with E-state index < -0.39 is 18.0 Å². The second-order valence-corrected chi connectivity index (χ2v) is 5.35. The molecule has 7 nitrogen and oxygen atoms in total. The van der Waals surface area contributed by atoms with E-state index >= 15 is 0 Å². The van der Waals surface area contributed by atoms with Crippen LogP contribution >= 0.6 is 0 Å². The van der Waals surface area contributed by atoms with Crippen LogP contribution in [0.3, 0.4) is 0 Å². The van der Waals surface area contributed by atoms with Crippen LogP contribution in [0.5, 0.6) is 0 Å². The summed E-state index contributed by atoms with van der Waals surface area (Å²) < 4.78 is 5.70. The van der Waals surface area contributed by atoms with Crippen LogP contribution in [0, 0.1) is 0 Å². The van der Waals surface area contributed by atoms with Gasteiger partial charge < -0.3 is 15.4 Å². The maximum atomic E-state index is 11.7. The van der Waals surface area contributed by atoms with Crippen molar-refractivity contribution in [3.8, 4) is 0 Å². The molecule has 1 aliphatic rings. The van der Waals surface area contributed by atoms with Gasteiger partial charge in [-0.05, 0) is 18.9 Å². The first-order valence-electron chi connectivity index (χ1n) is 7.61. The Bertz CT molecular complexity index is 562. The maximum absolute atomic E-state index is 11.7. The number of ether oxygens (including phenoxy) is 1. The van der Waals surface area contributed by atoms with Crippen molar-refractivity contribution in [3.63, 3.8) is 0 Å². The largest absolute Gasteiger partial charge is 0.374 e. The second-order valence-electron chi connectivity index (χ2n) is 5.35. The zero-order valence-corrected chi connectivity index (χ0v) is 13.0. The fourth-order valence-electron chi connectivity index (χ4n) is 2.24. The van der Waals surface area contributed by atoms with Crippen molar-refractivity contribution in [2.75, 3.05) is 13.2 Å². The Morgan fingerprint density at radius 2 is 2.04 bits per heavy atom. The van der Waals surface area contributed by atoms with Crippen molar-refractivity contribution in [3.05, 3.63) is 35.9 Å². The monoisotopic (exact) mass is 319 g/mol. The van der Waals surface area contributed by atoms with Crippen molar-refractivity contribution in [1.29, 1.82) is 0 Å². The first-order valence-corrected chi connectivity index (χ1v) is 7.61. The van der Waals surface area contributed by atoms with Gasteiger partial charge in [-0.1, -0.05) is 30.3 Å². The first kappa shape index (κ1) is 17.0. The molecule has 1 aromatic carbocycles. The molecule has 2 atom stereocenters. The Hall–Kier alpha value is -2.41. The summed E-state index contributed by atoms with van der Waals surface area (Å²) in [6, 6.07) is 8.56. The van der Waals surface area contributed by atoms with Crippen molar-refractivity contribution < 1.29 is 19.1 Å². The summed E-state index contributed by atoms with van der Waals surface area (Å²) in [6.07, 6.45) is 0.620. The van der Waals surface area contributed by atoms with Gasteiger partial charge >= 0.3 is 6.03 Å². The van der Waals surface area contributed by atoms with Gasteiger partial charge in [-0.2, -0.15) is 0 Å². The van der Waals surface area contributed by atoms with Crippen molar-refractivity contribution in [1.82, 2.24) is 16.0 Å². The number of rotatable bonds is 8. The zero-order valence-electron chi connectivity index (χ0n) is 13.0. The third kappa shape index (κ3) is 5.37. The molecule has 0 radical (unpaired) electrons. The minimum Gasteiger partial charge on any atom is -0.374 e. The van der Waals surface area contributed by atoms with E-state index in [1.54, 1.807) is 0 Å². The minimum absolute atomic E-state index is 0.00398. The molecule has 1 fully saturated rings. The van der Waals surface area contributed by atoms with E-state index in [0.29, 0.717) is 19.6 Å². The van der Waals surface area contributed by atoms with Gasteiger partial charge in [0, 0.05) is 13.2 Å². The molecule has 1 aliphatic heterocycles. The fraction of sp³-hybridized carbons (Fsp3) is 0.438. The number of hydrogen-bond donors (Lipinski definition) is 3. The molecular formula is C16H21N3O4. The smallest absolute Gasteiger partial charge is 0.322 e. The molecule has 1 saturated heterocycles. The Balaban J connectivity index is 1.57. The van der Waals surface area contributed by atoms with Gasteiger partial charge in [0.15, 0.2) is 0 Å². The molecule has 7 heteroatoms. The van der Waals surface area contributed by atoms with Gasteiger partial charge in [-0.25, -0.2) is 4.79 Å². The number of benzene rings is 1. The lowest BCUT2D eigenvalue weighted by atomic mass is 10.1. The van der Waals surface area contributed by atoms with Crippen LogP contribution < -0.4 is 16.0 Å². The Kier molecular flexibility index (Phi) is 6.10. The minimum atomic E-state index is -0.781. The highest BCUT2D eigenvalue weighted by Gasteiger charge is 2.30. The molecule has 2 rings (SSSR count). The number of urea groups is 1. The van der Waals surface area contributed by atoms with Crippen LogP contribution in [0.2, 0.25) is 0 Å². The van der Waals surface area contributed by atoms with Gasteiger partial charge in [0.05, 0.1) is 12.5 Å². The summed E-state index contributed by atoms with van der Waals surface area (Å²) in [6.45, 7) is 2.97. The van der Waals surface area contributed by atoms with E-state index in [1.165, 1.54) is 0 Å². The van der Waals surface area contributed by atoms with Crippen LogP contribution in [0.1, 0.15) is 31.4 Å².